The van der Waals surface area contributed by atoms with E-state index in [0.717, 1.165) is 21.8 Å². The van der Waals surface area contributed by atoms with Crippen LogP contribution in [-0.4, -0.2) is 29.7 Å². The number of fused-ring (bicyclic) bond motifs is 3. The lowest BCUT2D eigenvalue weighted by molar-refractivity contribution is 0.0517. The summed E-state index contributed by atoms with van der Waals surface area (Å²) in [7, 11) is 0. The van der Waals surface area contributed by atoms with Gasteiger partial charge < -0.3 is 14.0 Å². The predicted molar refractivity (Wildman–Crippen MR) is 102 cm³/mol. The number of nitrogens with zero attached hydrogens (tertiary/aromatic N) is 1. The third-order valence-electron chi connectivity index (χ3n) is 4.34. The number of carbonyl (C=O) groups is 2. The minimum Gasteiger partial charge on any atom is -0.462 e. The van der Waals surface area contributed by atoms with Gasteiger partial charge in [-0.05, 0) is 64.1 Å². The fraction of sp³-hybridized carbons (Fsp3) is 0.333. The molecule has 5 heteroatoms. The zero-order valence-electron chi connectivity index (χ0n) is 15.5. The van der Waals surface area contributed by atoms with Crippen molar-refractivity contribution in [1.29, 1.82) is 0 Å². The molecule has 5 nitrogen and oxygen atoms in total. The Morgan fingerprint density at radius 3 is 1.62 bits per heavy atom. The minimum absolute atomic E-state index is 0.233. The maximum absolute atomic E-state index is 12.1. The molecule has 1 aromatic heterocycles. The molecule has 0 amide bonds. The summed E-state index contributed by atoms with van der Waals surface area (Å²) in [6.07, 6.45) is 0. The second-order valence-electron chi connectivity index (χ2n) is 6.37. The summed E-state index contributed by atoms with van der Waals surface area (Å²) in [5.74, 6) is -0.692. The molecule has 136 valence electrons. The summed E-state index contributed by atoms with van der Waals surface area (Å²) in [6, 6.07) is 11.3. The number of ether oxygens (including phenoxy) is 2. The van der Waals surface area contributed by atoms with Crippen LogP contribution in [0.3, 0.4) is 0 Å². The first-order chi connectivity index (χ1) is 12.5. The second kappa shape index (κ2) is 7.20. The molecule has 0 unspecified atom stereocenters. The van der Waals surface area contributed by atoms with Crippen molar-refractivity contribution < 1.29 is 19.1 Å². The molecule has 0 radical (unpaired) electrons. The van der Waals surface area contributed by atoms with Crippen LogP contribution in [0.5, 0.6) is 0 Å². The fourth-order valence-electron chi connectivity index (χ4n) is 3.29. The van der Waals surface area contributed by atoms with Crippen molar-refractivity contribution in [1.82, 2.24) is 4.57 Å². The van der Waals surface area contributed by atoms with Crippen molar-refractivity contribution in [2.75, 3.05) is 13.2 Å². The molecule has 26 heavy (non-hydrogen) atoms. The number of hydrogen-bond acceptors (Lipinski definition) is 4. The number of hydrogen-bond donors (Lipinski definition) is 0. The van der Waals surface area contributed by atoms with Gasteiger partial charge >= 0.3 is 11.9 Å². The molecule has 0 spiro atoms. The number of esters is 2. The van der Waals surface area contributed by atoms with E-state index in [0.29, 0.717) is 24.3 Å². The van der Waals surface area contributed by atoms with Gasteiger partial charge in [0.25, 0.3) is 0 Å². The van der Waals surface area contributed by atoms with Gasteiger partial charge in [-0.1, -0.05) is 0 Å². The van der Waals surface area contributed by atoms with Gasteiger partial charge in [-0.3, -0.25) is 0 Å². The molecule has 0 aliphatic heterocycles. The van der Waals surface area contributed by atoms with E-state index < -0.39 is 0 Å². The van der Waals surface area contributed by atoms with E-state index in [4.69, 9.17) is 9.47 Å². The van der Waals surface area contributed by atoms with Crippen LogP contribution in [0.25, 0.3) is 21.8 Å². The summed E-state index contributed by atoms with van der Waals surface area (Å²) in [4.78, 5) is 24.2. The molecular weight excluding hydrogens is 330 g/mol. The molecule has 0 saturated carbocycles. The number of rotatable bonds is 5. The molecule has 0 fully saturated rings. The third-order valence-corrected chi connectivity index (χ3v) is 4.34. The van der Waals surface area contributed by atoms with Gasteiger partial charge in [-0.25, -0.2) is 9.59 Å². The van der Waals surface area contributed by atoms with Crippen molar-refractivity contribution in [2.45, 2.75) is 33.7 Å². The van der Waals surface area contributed by atoms with E-state index >= 15 is 0 Å². The number of carbonyl (C=O) groups excluding carboxylic acids is 2. The summed E-state index contributed by atoms with van der Waals surface area (Å²) in [5.41, 5.74) is 3.04. The molecule has 0 aliphatic carbocycles. The predicted octanol–water partition coefficient (Wildman–Crippen LogP) is 4.73. The van der Waals surface area contributed by atoms with Crippen LogP contribution in [0, 0.1) is 0 Å². The molecule has 3 rings (SSSR count). The number of benzene rings is 2. The number of aromatic nitrogens is 1. The molecule has 0 bridgehead atoms. The molecule has 0 aliphatic rings. The Morgan fingerprint density at radius 2 is 1.27 bits per heavy atom. The zero-order valence-corrected chi connectivity index (χ0v) is 15.5. The normalized spacial score (nSPS) is 11.3. The standard InChI is InChI=1S/C21H23NO4/c1-5-25-20(23)14-7-9-18-16(11-14)17-12-15(21(24)26-6-2)8-10-19(17)22(18)13(3)4/h7-13H,5-6H2,1-4H3. The maximum atomic E-state index is 12.1. The van der Waals surface area contributed by atoms with E-state index in [2.05, 4.69) is 18.4 Å². The van der Waals surface area contributed by atoms with Gasteiger partial charge in [0, 0.05) is 27.8 Å². The van der Waals surface area contributed by atoms with Crippen molar-refractivity contribution >= 4 is 33.7 Å². The first kappa shape index (κ1) is 18.0. The molecule has 3 aromatic rings. The molecular formula is C21H23NO4. The third kappa shape index (κ3) is 3.05. The highest BCUT2D eigenvalue weighted by Gasteiger charge is 2.17. The van der Waals surface area contributed by atoms with Crippen molar-refractivity contribution in [2.24, 2.45) is 0 Å². The van der Waals surface area contributed by atoms with E-state index in [1.165, 1.54) is 0 Å². The minimum atomic E-state index is -0.346. The lowest BCUT2D eigenvalue weighted by Gasteiger charge is -2.11. The SMILES string of the molecule is CCOC(=O)c1ccc2c(c1)c1cc(C(=O)OCC)ccc1n2C(C)C. The first-order valence-electron chi connectivity index (χ1n) is 8.89. The van der Waals surface area contributed by atoms with Crippen molar-refractivity contribution in [3.63, 3.8) is 0 Å². The topological polar surface area (TPSA) is 57.5 Å². The lowest BCUT2D eigenvalue weighted by atomic mass is 10.1. The molecule has 1 heterocycles. The van der Waals surface area contributed by atoms with E-state index in [1.807, 2.05) is 24.3 Å². The van der Waals surface area contributed by atoms with Crippen LogP contribution in [-0.2, 0) is 9.47 Å². The van der Waals surface area contributed by atoms with E-state index in [1.54, 1.807) is 26.0 Å². The Labute approximate surface area is 152 Å². The monoisotopic (exact) mass is 353 g/mol. The van der Waals surface area contributed by atoms with Gasteiger partial charge in [0.1, 0.15) is 0 Å². The quantitative estimate of drug-likeness (QED) is 0.622. The molecule has 2 aromatic carbocycles. The summed E-state index contributed by atoms with van der Waals surface area (Å²) >= 11 is 0. The highest BCUT2D eigenvalue weighted by Crippen LogP contribution is 2.33. The average molecular weight is 353 g/mol. The highest BCUT2D eigenvalue weighted by atomic mass is 16.5. The lowest BCUT2D eigenvalue weighted by Crippen LogP contribution is -2.05. The van der Waals surface area contributed by atoms with Gasteiger partial charge in [-0.15, -0.1) is 0 Å². The van der Waals surface area contributed by atoms with Gasteiger partial charge in [-0.2, -0.15) is 0 Å². The summed E-state index contributed by atoms with van der Waals surface area (Å²) < 4.78 is 12.4. The first-order valence-corrected chi connectivity index (χ1v) is 8.89. The fourth-order valence-corrected chi connectivity index (χ4v) is 3.29. The molecule has 0 saturated heterocycles. The largest absolute Gasteiger partial charge is 0.462 e. The van der Waals surface area contributed by atoms with Crippen LogP contribution in [0.15, 0.2) is 36.4 Å². The summed E-state index contributed by atoms with van der Waals surface area (Å²) in [5, 5.41) is 1.84. The van der Waals surface area contributed by atoms with Crippen LogP contribution < -0.4 is 0 Å². The van der Waals surface area contributed by atoms with Crippen molar-refractivity contribution in [3.05, 3.63) is 47.5 Å². The molecule has 0 N–H and O–H groups in total. The van der Waals surface area contributed by atoms with Gasteiger partial charge in [0.15, 0.2) is 0 Å². The Balaban J connectivity index is 2.27. The Hall–Kier alpha value is -2.82. The highest BCUT2D eigenvalue weighted by molar-refractivity contribution is 6.12. The van der Waals surface area contributed by atoms with Crippen LogP contribution in [0.4, 0.5) is 0 Å². The Kier molecular flexibility index (Phi) is 4.98. The maximum Gasteiger partial charge on any atom is 0.338 e. The van der Waals surface area contributed by atoms with Crippen LogP contribution in [0.1, 0.15) is 54.5 Å². The van der Waals surface area contributed by atoms with E-state index in [-0.39, 0.29) is 18.0 Å². The van der Waals surface area contributed by atoms with Crippen LogP contribution >= 0.6 is 0 Å². The Bertz CT molecular complexity index is 909. The van der Waals surface area contributed by atoms with Gasteiger partial charge in [0.2, 0.25) is 0 Å². The smallest absolute Gasteiger partial charge is 0.338 e. The zero-order chi connectivity index (χ0) is 18.8. The second-order valence-corrected chi connectivity index (χ2v) is 6.37. The Morgan fingerprint density at radius 1 is 0.846 bits per heavy atom. The van der Waals surface area contributed by atoms with Crippen molar-refractivity contribution in [3.8, 4) is 0 Å². The van der Waals surface area contributed by atoms with Crippen LogP contribution in [0.2, 0.25) is 0 Å². The van der Waals surface area contributed by atoms with Gasteiger partial charge in [0.05, 0.1) is 24.3 Å². The van der Waals surface area contributed by atoms with E-state index in [9.17, 15) is 9.59 Å². The summed E-state index contributed by atoms with van der Waals surface area (Å²) in [6.45, 7) is 8.45. The average Bonchev–Trinajstić information content (AvgIpc) is 2.95. The molecule has 0 atom stereocenters.